The van der Waals surface area contributed by atoms with Crippen LogP contribution in [0.4, 0.5) is 0 Å². The van der Waals surface area contributed by atoms with E-state index in [4.69, 9.17) is 4.74 Å². The van der Waals surface area contributed by atoms with Gasteiger partial charge in [-0.15, -0.1) is 0 Å². The summed E-state index contributed by atoms with van der Waals surface area (Å²) in [5.41, 5.74) is 0.973. The summed E-state index contributed by atoms with van der Waals surface area (Å²) in [5, 5.41) is 6.11. The Hall–Kier alpha value is -1.88. The van der Waals surface area contributed by atoms with E-state index in [9.17, 15) is 9.59 Å². The first-order valence-corrected chi connectivity index (χ1v) is 10.5. The van der Waals surface area contributed by atoms with Gasteiger partial charge >= 0.3 is 0 Å². The molecule has 2 unspecified atom stereocenters. The molecule has 2 atom stereocenters. The van der Waals surface area contributed by atoms with Gasteiger partial charge in [-0.1, -0.05) is 30.3 Å². The van der Waals surface area contributed by atoms with Gasteiger partial charge in [0, 0.05) is 36.9 Å². The summed E-state index contributed by atoms with van der Waals surface area (Å²) in [5.74, 6) is 0.159. The first-order valence-electron chi connectivity index (χ1n) is 10.5. The first kappa shape index (κ1) is 20.8. The Morgan fingerprint density at radius 1 is 1.14 bits per heavy atom. The van der Waals surface area contributed by atoms with Gasteiger partial charge in [0.25, 0.3) is 0 Å². The zero-order valence-electron chi connectivity index (χ0n) is 17.5. The highest BCUT2D eigenvalue weighted by Gasteiger charge is 2.41. The van der Waals surface area contributed by atoms with E-state index in [0.29, 0.717) is 25.8 Å². The molecule has 2 aliphatic rings. The summed E-state index contributed by atoms with van der Waals surface area (Å²) in [6, 6.07) is 10.6. The van der Waals surface area contributed by atoms with Gasteiger partial charge in [-0.05, 0) is 58.4 Å². The fourth-order valence-corrected chi connectivity index (χ4v) is 4.83. The lowest BCUT2D eigenvalue weighted by atomic mass is 9.67. The summed E-state index contributed by atoms with van der Waals surface area (Å²) in [6.45, 7) is 7.73. The molecule has 2 aliphatic heterocycles. The van der Waals surface area contributed by atoms with Gasteiger partial charge < -0.3 is 15.4 Å². The maximum Gasteiger partial charge on any atom is 0.220 e. The molecule has 2 saturated heterocycles. The predicted molar refractivity (Wildman–Crippen MR) is 110 cm³/mol. The molecule has 0 aromatic heterocycles. The minimum Gasteiger partial charge on any atom is -0.376 e. The number of carbonyl (C=O) groups excluding carboxylic acids is 2. The number of benzene rings is 1. The SMILES string of the molecule is CC1(CCC(=O)NCCC2(c3ccccc3)CCOC(C)(C)C2)CCC(=O)N1. The van der Waals surface area contributed by atoms with Gasteiger partial charge in [0.2, 0.25) is 11.8 Å². The number of rotatable bonds is 7. The maximum atomic E-state index is 12.4. The van der Waals surface area contributed by atoms with E-state index in [0.717, 1.165) is 32.3 Å². The summed E-state index contributed by atoms with van der Waals surface area (Å²) in [7, 11) is 0. The van der Waals surface area contributed by atoms with Crippen LogP contribution in [0.15, 0.2) is 30.3 Å². The Morgan fingerprint density at radius 2 is 1.89 bits per heavy atom. The molecule has 5 nitrogen and oxygen atoms in total. The molecule has 5 heteroatoms. The molecule has 0 aliphatic carbocycles. The van der Waals surface area contributed by atoms with Crippen LogP contribution in [0, 0.1) is 0 Å². The van der Waals surface area contributed by atoms with Crippen LogP contribution in [0.1, 0.15) is 71.3 Å². The normalized spacial score (nSPS) is 29.3. The Bertz CT molecular complexity index is 703. The number of hydrogen-bond acceptors (Lipinski definition) is 3. The van der Waals surface area contributed by atoms with E-state index in [2.05, 4.69) is 48.7 Å². The largest absolute Gasteiger partial charge is 0.376 e. The van der Waals surface area contributed by atoms with Crippen molar-refractivity contribution in [2.75, 3.05) is 13.2 Å². The third-order valence-electron chi connectivity index (χ3n) is 6.40. The first-order chi connectivity index (χ1) is 13.2. The van der Waals surface area contributed by atoms with Crippen molar-refractivity contribution in [1.29, 1.82) is 0 Å². The number of hydrogen-bond donors (Lipinski definition) is 2. The second kappa shape index (κ2) is 8.24. The fourth-order valence-electron chi connectivity index (χ4n) is 4.83. The molecule has 2 fully saturated rings. The van der Waals surface area contributed by atoms with E-state index in [-0.39, 0.29) is 28.4 Å². The standard InChI is InChI=1S/C23H34N2O3/c1-21(2)17-23(14-16-28-21,18-7-5-4-6-8-18)13-15-24-19(26)9-11-22(3)12-10-20(27)25-22/h4-8H,9-17H2,1-3H3,(H,24,26)(H,25,27). The number of carbonyl (C=O) groups is 2. The van der Waals surface area contributed by atoms with Crippen LogP contribution < -0.4 is 10.6 Å². The quantitative estimate of drug-likeness (QED) is 0.754. The molecule has 0 saturated carbocycles. The van der Waals surface area contributed by atoms with Crippen molar-refractivity contribution in [1.82, 2.24) is 10.6 Å². The number of ether oxygens (including phenoxy) is 1. The van der Waals surface area contributed by atoms with E-state index in [1.165, 1.54) is 5.56 Å². The molecule has 1 aromatic rings. The molecule has 0 radical (unpaired) electrons. The van der Waals surface area contributed by atoms with Crippen LogP contribution in [-0.4, -0.2) is 36.1 Å². The third kappa shape index (κ3) is 5.13. The Morgan fingerprint density at radius 3 is 2.54 bits per heavy atom. The zero-order chi connectivity index (χ0) is 20.3. The lowest BCUT2D eigenvalue weighted by Crippen LogP contribution is -2.45. The van der Waals surface area contributed by atoms with Gasteiger partial charge in [0.05, 0.1) is 5.60 Å². The monoisotopic (exact) mass is 386 g/mol. The van der Waals surface area contributed by atoms with Crippen molar-refractivity contribution in [3.63, 3.8) is 0 Å². The van der Waals surface area contributed by atoms with Gasteiger partial charge in [0.15, 0.2) is 0 Å². The summed E-state index contributed by atoms with van der Waals surface area (Å²) in [6.07, 6.45) is 5.34. The average Bonchev–Trinajstić information content (AvgIpc) is 2.99. The minimum absolute atomic E-state index is 0.0295. The van der Waals surface area contributed by atoms with E-state index < -0.39 is 0 Å². The van der Waals surface area contributed by atoms with E-state index >= 15 is 0 Å². The predicted octanol–water partition coefficient (Wildman–Crippen LogP) is 3.47. The second-order valence-corrected chi connectivity index (χ2v) is 9.39. The molecule has 1 aromatic carbocycles. The van der Waals surface area contributed by atoms with Crippen LogP contribution in [-0.2, 0) is 19.7 Å². The van der Waals surface area contributed by atoms with Gasteiger partial charge in [0.1, 0.15) is 0 Å². The Labute approximate surface area is 168 Å². The number of amides is 2. The maximum absolute atomic E-state index is 12.4. The fraction of sp³-hybridized carbons (Fsp3) is 0.652. The Kier molecular flexibility index (Phi) is 6.13. The van der Waals surface area contributed by atoms with Gasteiger partial charge in [-0.2, -0.15) is 0 Å². The molecule has 2 N–H and O–H groups in total. The molecular formula is C23H34N2O3. The molecular weight excluding hydrogens is 352 g/mol. The van der Waals surface area contributed by atoms with E-state index in [1.54, 1.807) is 0 Å². The lowest BCUT2D eigenvalue weighted by molar-refractivity contribution is -0.122. The second-order valence-electron chi connectivity index (χ2n) is 9.39. The van der Waals surface area contributed by atoms with Crippen LogP contribution in [0.25, 0.3) is 0 Å². The zero-order valence-corrected chi connectivity index (χ0v) is 17.5. The van der Waals surface area contributed by atoms with Crippen molar-refractivity contribution < 1.29 is 14.3 Å². The van der Waals surface area contributed by atoms with Crippen LogP contribution >= 0.6 is 0 Å². The van der Waals surface area contributed by atoms with Crippen molar-refractivity contribution in [3.8, 4) is 0 Å². The van der Waals surface area contributed by atoms with Crippen LogP contribution in [0.3, 0.4) is 0 Å². The molecule has 0 spiro atoms. The van der Waals surface area contributed by atoms with Gasteiger partial charge in [-0.25, -0.2) is 0 Å². The summed E-state index contributed by atoms with van der Waals surface area (Å²) in [4.78, 5) is 23.8. The highest BCUT2D eigenvalue weighted by molar-refractivity contribution is 5.80. The topological polar surface area (TPSA) is 67.4 Å². The number of nitrogens with one attached hydrogen (secondary N) is 2. The molecule has 154 valence electrons. The van der Waals surface area contributed by atoms with Gasteiger partial charge in [-0.3, -0.25) is 9.59 Å². The minimum atomic E-state index is -0.232. The smallest absolute Gasteiger partial charge is 0.220 e. The molecule has 3 rings (SSSR count). The summed E-state index contributed by atoms with van der Waals surface area (Å²) < 4.78 is 5.96. The van der Waals surface area contributed by atoms with Crippen LogP contribution in [0.2, 0.25) is 0 Å². The molecule has 0 bridgehead atoms. The average molecular weight is 387 g/mol. The van der Waals surface area contributed by atoms with E-state index in [1.807, 2.05) is 13.0 Å². The molecule has 28 heavy (non-hydrogen) atoms. The summed E-state index contributed by atoms with van der Waals surface area (Å²) >= 11 is 0. The third-order valence-corrected chi connectivity index (χ3v) is 6.40. The molecule has 2 amide bonds. The van der Waals surface area contributed by atoms with Crippen LogP contribution in [0.5, 0.6) is 0 Å². The van der Waals surface area contributed by atoms with Crippen molar-refractivity contribution in [3.05, 3.63) is 35.9 Å². The van der Waals surface area contributed by atoms with Crippen molar-refractivity contribution in [2.24, 2.45) is 0 Å². The van der Waals surface area contributed by atoms with Crippen molar-refractivity contribution in [2.45, 2.75) is 82.3 Å². The van der Waals surface area contributed by atoms with Crippen molar-refractivity contribution >= 4 is 11.8 Å². The highest BCUT2D eigenvalue weighted by atomic mass is 16.5. The Balaban J connectivity index is 1.55. The highest BCUT2D eigenvalue weighted by Crippen LogP contribution is 2.43. The molecule has 2 heterocycles. The lowest BCUT2D eigenvalue weighted by Gasteiger charge is -2.45.